The Kier molecular flexibility index (Phi) is 3.88. The van der Waals surface area contributed by atoms with E-state index in [0.29, 0.717) is 0 Å². The van der Waals surface area contributed by atoms with Gasteiger partial charge in [0.2, 0.25) is 0 Å². The number of anilines is 1. The standard InChI is InChI=1S/C13H15N3S/c1-3-4-7-14-10(2)16-13-11-6-9-17-12(11)5-8-15-13/h4-9H,3H2,1-2H3,(H,14,15,16)/b7-4-. The lowest BCUT2D eigenvalue weighted by Gasteiger charge is -2.04. The third-order valence-corrected chi connectivity index (χ3v) is 3.17. The van der Waals surface area contributed by atoms with E-state index in [1.165, 1.54) is 4.70 Å². The third-order valence-electron chi connectivity index (χ3n) is 2.29. The van der Waals surface area contributed by atoms with Crippen LogP contribution in [0.25, 0.3) is 10.1 Å². The lowest BCUT2D eigenvalue weighted by molar-refractivity contribution is 1.21. The highest BCUT2D eigenvalue weighted by Crippen LogP contribution is 2.25. The number of aromatic nitrogens is 1. The van der Waals surface area contributed by atoms with Crippen molar-refractivity contribution in [3.63, 3.8) is 0 Å². The molecule has 17 heavy (non-hydrogen) atoms. The largest absolute Gasteiger partial charge is 0.328 e. The van der Waals surface area contributed by atoms with Crippen molar-refractivity contribution in [1.29, 1.82) is 0 Å². The van der Waals surface area contributed by atoms with Crippen LogP contribution in [0.4, 0.5) is 5.82 Å². The fourth-order valence-electron chi connectivity index (χ4n) is 1.47. The molecule has 88 valence electrons. The van der Waals surface area contributed by atoms with Gasteiger partial charge in [-0.1, -0.05) is 13.0 Å². The quantitative estimate of drug-likeness (QED) is 0.654. The molecule has 0 fully saturated rings. The molecule has 0 aliphatic rings. The SMILES string of the molecule is CC/C=C\N=C(C)Nc1nccc2sccc12. The van der Waals surface area contributed by atoms with Gasteiger partial charge in [0.25, 0.3) is 0 Å². The predicted octanol–water partition coefficient (Wildman–Crippen LogP) is 4.05. The van der Waals surface area contributed by atoms with Gasteiger partial charge in [-0.15, -0.1) is 11.3 Å². The van der Waals surface area contributed by atoms with Gasteiger partial charge in [0, 0.05) is 22.5 Å². The molecule has 0 bridgehead atoms. The fourth-order valence-corrected chi connectivity index (χ4v) is 2.25. The van der Waals surface area contributed by atoms with Crippen LogP contribution in [-0.2, 0) is 0 Å². The van der Waals surface area contributed by atoms with Crippen LogP contribution in [-0.4, -0.2) is 10.8 Å². The molecule has 2 heterocycles. The summed E-state index contributed by atoms with van der Waals surface area (Å²) in [5, 5.41) is 6.44. The smallest absolute Gasteiger partial charge is 0.139 e. The molecule has 0 atom stereocenters. The second-order valence-electron chi connectivity index (χ2n) is 3.62. The number of hydrogen-bond donors (Lipinski definition) is 1. The highest BCUT2D eigenvalue weighted by molar-refractivity contribution is 7.17. The summed E-state index contributed by atoms with van der Waals surface area (Å²) in [5.74, 6) is 1.72. The van der Waals surface area contributed by atoms with Crippen LogP contribution >= 0.6 is 11.3 Å². The fraction of sp³-hybridized carbons (Fsp3) is 0.231. The normalized spacial score (nSPS) is 12.5. The van der Waals surface area contributed by atoms with Gasteiger partial charge in [0.15, 0.2) is 0 Å². The molecule has 4 heteroatoms. The summed E-state index contributed by atoms with van der Waals surface area (Å²) in [6.45, 7) is 4.02. The molecule has 0 aliphatic carbocycles. The number of rotatable bonds is 3. The third kappa shape index (κ3) is 2.91. The Morgan fingerprint density at radius 2 is 2.41 bits per heavy atom. The zero-order valence-corrected chi connectivity index (χ0v) is 10.8. The Morgan fingerprint density at radius 1 is 1.53 bits per heavy atom. The second-order valence-corrected chi connectivity index (χ2v) is 4.57. The van der Waals surface area contributed by atoms with Crippen LogP contribution in [0.5, 0.6) is 0 Å². The molecule has 2 rings (SSSR count). The lowest BCUT2D eigenvalue weighted by Crippen LogP contribution is -2.07. The lowest BCUT2D eigenvalue weighted by atomic mass is 10.3. The maximum absolute atomic E-state index is 4.34. The van der Waals surface area contributed by atoms with E-state index in [4.69, 9.17) is 0 Å². The number of thiophene rings is 1. The van der Waals surface area contributed by atoms with Gasteiger partial charge in [-0.25, -0.2) is 9.98 Å². The van der Waals surface area contributed by atoms with Crippen molar-refractivity contribution in [2.45, 2.75) is 20.3 Å². The number of hydrogen-bond acceptors (Lipinski definition) is 3. The number of nitrogens with zero attached hydrogens (tertiary/aromatic N) is 2. The minimum Gasteiger partial charge on any atom is -0.328 e. The molecule has 0 aliphatic heterocycles. The summed E-state index contributed by atoms with van der Waals surface area (Å²) in [4.78, 5) is 8.63. The van der Waals surface area contributed by atoms with Crippen molar-refractivity contribution < 1.29 is 0 Å². The van der Waals surface area contributed by atoms with Gasteiger partial charge in [0.05, 0.1) is 0 Å². The minimum absolute atomic E-state index is 0.848. The average Bonchev–Trinajstić information content (AvgIpc) is 2.78. The van der Waals surface area contributed by atoms with Crippen LogP contribution in [0.3, 0.4) is 0 Å². The molecule has 3 nitrogen and oxygen atoms in total. The van der Waals surface area contributed by atoms with Gasteiger partial charge < -0.3 is 5.32 Å². The van der Waals surface area contributed by atoms with E-state index in [0.717, 1.165) is 23.5 Å². The Morgan fingerprint density at radius 3 is 3.24 bits per heavy atom. The van der Waals surface area contributed by atoms with E-state index in [-0.39, 0.29) is 0 Å². The van der Waals surface area contributed by atoms with E-state index >= 15 is 0 Å². The topological polar surface area (TPSA) is 37.3 Å². The minimum atomic E-state index is 0.848. The number of aliphatic imine (C=N–C) groups is 1. The first-order chi connectivity index (χ1) is 8.31. The Hall–Kier alpha value is -1.68. The molecular formula is C13H15N3S. The highest BCUT2D eigenvalue weighted by Gasteiger charge is 2.02. The molecule has 0 spiro atoms. The molecule has 0 unspecified atom stereocenters. The molecule has 0 aromatic carbocycles. The van der Waals surface area contributed by atoms with Crippen LogP contribution in [0.1, 0.15) is 20.3 Å². The molecule has 0 radical (unpaired) electrons. The Labute approximate surface area is 105 Å². The zero-order valence-electron chi connectivity index (χ0n) is 9.97. The van der Waals surface area contributed by atoms with Crippen molar-refractivity contribution in [2.75, 3.05) is 5.32 Å². The van der Waals surface area contributed by atoms with Crippen molar-refractivity contribution in [3.05, 3.63) is 36.0 Å². The van der Waals surface area contributed by atoms with Gasteiger partial charge >= 0.3 is 0 Å². The van der Waals surface area contributed by atoms with Crippen molar-refractivity contribution in [2.24, 2.45) is 4.99 Å². The van der Waals surface area contributed by atoms with Crippen molar-refractivity contribution >= 4 is 33.1 Å². The maximum atomic E-state index is 4.34. The van der Waals surface area contributed by atoms with Gasteiger partial charge in [-0.2, -0.15) is 0 Å². The van der Waals surface area contributed by atoms with Gasteiger partial charge in [-0.05, 0) is 30.9 Å². The summed E-state index contributed by atoms with van der Waals surface area (Å²) in [7, 11) is 0. The number of pyridine rings is 1. The summed E-state index contributed by atoms with van der Waals surface area (Å²) in [6.07, 6.45) is 6.64. The maximum Gasteiger partial charge on any atom is 0.139 e. The molecule has 0 saturated heterocycles. The summed E-state index contributed by atoms with van der Waals surface area (Å²) in [5.41, 5.74) is 0. The summed E-state index contributed by atoms with van der Waals surface area (Å²) >= 11 is 1.72. The van der Waals surface area contributed by atoms with Gasteiger partial charge in [0.1, 0.15) is 11.7 Å². The number of nitrogens with one attached hydrogen (secondary N) is 1. The number of amidine groups is 1. The molecule has 1 N–H and O–H groups in total. The summed E-state index contributed by atoms with van der Waals surface area (Å²) in [6, 6.07) is 4.10. The Bertz CT molecular complexity index is 555. The van der Waals surface area contributed by atoms with Crippen LogP contribution in [0.2, 0.25) is 0 Å². The summed E-state index contributed by atoms with van der Waals surface area (Å²) < 4.78 is 1.24. The predicted molar refractivity (Wildman–Crippen MR) is 75.8 cm³/mol. The zero-order chi connectivity index (χ0) is 12.1. The number of allylic oxidation sites excluding steroid dienone is 1. The monoisotopic (exact) mass is 245 g/mol. The molecule has 0 amide bonds. The van der Waals surface area contributed by atoms with E-state index < -0.39 is 0 Å². The molecule has 2 aromatic rings. The second kappa shape index (κ2) is 5.59. The van der Waals surface area contributed by atoms with Crippen LogP contribution < -0.4 is 5.32 Å². The van der Waals surface area contributed by atoms with Gasteiger partial charge in [-0.3, -0.25) is 0 Å². The van der Waals surface area contributed by atoms with E-state index in [1.54, 1.807) is 11.3 Å². The first-order valence-electron chi connectivity index (χ1n) is 5.60. The average molecular weight is 245 g/mol. The molecular weight excluding hydrogens is 230 g/mol. The highest BCUT2D eigenvalue weighted by atomic mass is 32.1. The van der Waals surface area contributed by atoms with Crippen LogP contribution in [0, 0.1) is 0 Å². The van der Waals surface area contributed by atoms with Crippen LogP contribution in [0.15, 0.2) is 41.0 Å². The Balaban J connectivity index is 2.21. The van der Waals surface area contributed by atoms with E-state index in [1.807, 2.05) is 31.5 Å². The van der Waals surface area contributed by atoms with E-state index in [9.17, 15) is 0 Å². The van der Waals surface area contributed by atoms with Crippen molar-refractivity contribution in [1.82, 2.24) is 4.98 Å². The van der Waals surface area contributed by atoms with E-state index in [2.05, 4.69) is 33.7 Å². The molecule has 2 aromatic heterocycles. The first-order valence-corrected chi connectivity index (χ1v) is 6.48. The number of fused-ring (bicyclic) bond motifs is 1. The van der Waals surface area contributed by atoms with Crippen molar-refractivity contribution in [3.8, 4) is 0 Å². The molecule has 0 saturated carbocycles. The first kappa shape index (κ1) is 11.8.